The molecular weight excluding hydrogens is 351 g/mol. The molecule has 0 bridgehead atoms. The molecule has 0 atom stereocenters. The zero-order valence-corrected chi connectivity index (χ0v) is 15.5. The first-order valence-electron chi connectivity index (χ1n) is 7.62. The normalized spacial score (nSPS) is 15.2. The summed E-state index contributed by atoms with van der Waals surface area (Å²) in [6.07, 6.45) is 5.61. The van der Waals surface area contributed by atoms with Crippen LogP contribution in [0.2, 0.25) is 5.02 Å². The zero-order chi connectivity index (χ0) is 15.3. The van der Waals surface area contributed by atoms with Crippen LogP contribution in [0.5, 0.6) is 0 Å². The summed E-state index contributed by atoms with van der Waals surface area (Å²) in [6, 6.07) is 0. The Morgan fingerprint density at radius 2 is 1.91 bits per heavy atom. The molecule has 0 aromatic carbocycles. The number of rotatable bonds is 1. The first-order valence-corrected chi connectivity index (χ1v) is 8.82. The van der Waals surface area contributed by atoms with Crippen molar-refractivity contribution in [3.63, 3.8) is 0 Å². The fourth-order valence-corrected chi connectivity index (χ4v) is 4.65. The summed E-state index contributed by atoms with van der Waals surface area (Å²) < 4.78 is 1.18. The van der Waals surface area contributed by atoms with Crippen molar-refractivity contribution in [2.24, 2.45) is 0 Å². The van der Waals surface area contributed by atoms with E-state index >= 15 is 0 Å². The highest BCUT2D eigenvalue weighted by Crippen LogP contribution is 2.41. The number of aryl methyl sites for hydroxylation is 2. The molecule has 1 fully saturated rings. The summed E-state index contributed by atoms with van der Waals surface area (Å²) in [7, 11) is 0. The molecular formula is C16H18Cl2N4S. The quantitative estimate of drug-likeness (QED) is 0.610. The van der Waals surface area contributed by atoms with Crippen LogP contribution >= 0.6 is 35.3 Å². The minimum atomic E-state index is 0. The van der Waals surface area contributed by atoms with E-state index in [0.717, 1.165) is 50.8 Å². The lowest BCUT2D eigenvalue weighted by molar-refractivity contribution is 0.573. The van der Waals surface area contributed by atoms with Crippen molar-refractivity contribution in [3.8, 4) is 0 Å². The maximum atomic E-state index is 6.40. The zero-order valence-electron chi connectivity index (χ0n) is 13.1. The molecule has 4 heterocycles. The molecule has 7 heteroatoms. The molecule has 0 aliphatic carbocycles. The molecule has 0 saturated carbocycles. The van der Waals surface area contributed by atoms with Crippen LogP contribution in [0, 0.1) is 13.8 Å². The first-order chi connectivity index (χ1) is 10.7. The van der Waals surface area contributed by atoms with Gasteiger partial charge in [-0.15, -0.1) is 28.8 Å². The number of hydrogen-bond acceptors (Lipinski definition) is 5. The number of halogens is 2. The van der Waals surface area contributed by atoms with E-state index in [2.05, 4.69) is 27.0 Å². The van der Waals surface area contributed by atoms with Crippen LogP contribution in [0.4, 0.5) is 5.82 Å². The molecule has 1 saturated heterocycles. The molecule has 1 aliphatic heterocycles. The molecule has 0 unspecified atom stereocenters. The van der Waals surface area contributed by atoms with Gasteiger partial charge >= 0.3 is 0 Å². The van der Waals surface area contributed by atoms with Gasteiger partial charge in [-0.1, -0.05) is 11.6 Å². The van der Waals surface area contributed by atoms with Crippen molar-refractivity contribution in [1.29, 1.82) is 0 Å². The third-order valence-electron chi connectivity index (χ3n) is 4.42. The number of pyridine rings is 1. The molecule has 3 aromatic rings. The number of anilines is 1. The molecule has 122 valence electrons. The van der Waals surface area contributed by atoms with Crippen LogP contribution < -0.4 is 4.90 Å². The maximum absolute atomic E-state index is 6.40. The smallest absolute Gasteiger partial charge is 0.169 e. The van der Waals surface area contributed by atoms with E-state index in [-0.39, 0.29) is 12.4 Å². The van der Waals surface area contributed by atoms with E-state index in [1.807, 2.05) is 13.1 Å². The van der Waals surface area contributed by atoms with Crippen molar-refractivity contribution in [2.75, 3.05) is 18.0 Å². The second-order valence-corrected chi connectivity index (χ2v) is 7.25. The number of piperidine rings is 1. The van der Waals surface area contributed by atoms with Gasteiger partial charge in [-0.05, 0) is 38.7 Å². The van der Waals surface area contributed by atoms with Crippen molar-refractivity contribution in [1.82, 2.24) is 15.2 Å². The van der Waals surface area contributed by atoms with Gasteiger partial charge in [-0.3, -0.25) is 0 Å². The lowest BCUT2D eigenvalue weighted by Crippen LogP contribution is -2.30. The average molecular weight is 369 g/mol. The predicted octanol–water partition coefficient (Wildman–Crippen LogP) is 4.92. The molecule has 0 radical (unpaired) electrons. The SMILES string of the molecule is Cc1nc2sc3c(N4CCCCC4)nncc3c2c(C)c1Cl.Cl. The summed E-state index contributed by atoms with van der Waals surface area (Å²) >= 11 is 8.10. The van der Waals surface area contributed by atoms with Gasteiger partial charge in [0.05, 0.1) is 21.6 Å². The van der Waals surface area contributed by atoms with Crippen LogP contribution in [-0.2, 0) is 0 Å². The summed E-state index contributed by atoms with van der Waals surface area (Å²) in [5.74, 6) is 1.01. The second kappa shape index (κ2) is 6.38. The van der Waals surface area contributed by atoms with Gasteiger partial charge < -0.3 is 4.90 Å². The Labute approximate surface area is 150 Å². The Balaban J connectivity index is 0.00000156. The number of fused-ring (bicyclic) bond motifs is 3. The van der Waals surface area contributed by atoms with Crippen LogP contribution in [0.15, 0.2) is 6.20 Å². The monoisotopic (exact) mass is 368 g/mol. The van der Waals surface area contributed by atoms with Gasteiger partial charge in [0.1, 0.15) is 4.83 Å². The van der Waals surface area contributed by atoms with E-state index in [1.165, 1.54) is 24.0 Å². The average Bonchev–Trinajstić information content (AvgIpc) is 2.91. The second-order valence-electron chi connectivity index (χ2n) is 5.88. The van der Waals surface area contributed by atoms with Gasteiger partial charge in [-0.2, -0.15) is 5.10 Å². The van der Waals surface area contributed by atoms with E-state index in [0.29, 0.717) is 0 Å². The van der Waals surface area contributed by atoms with Crippen LogP contribution in [0.3, 0.4) is 0 Å². The lowest BCUT2D eigenvalue weighted by atomic mass is 10.1. The number of thiophene rings is 1. The molecule has 23 heavy (non-hydrogen) atoms. The third kappa shape index (κ3) is 2.65. The molecule has 4 nitrogen and oxygen atoms in total. The van der Waals surface area contributed by atoms with Gasteiger partial charge in [0.25, 0.3) is 0 Å². The summed E-state index contributed by atoms with van der Waals surface area (Å²) in [5.41, 5.74) is 1.98. The van der Waals surface area contributed by atoms with E-state index in [4.69, 9.17) is 11.6 Å². The van der Waals surface area contributed by atoms with Crippen molar-refractivity contribution in [2.45, 2.75) is 33.1 Å². The summed E-state index contributed by atoms with van der Waals surface area (Å²) in [6.45, 7) is 6.15. The number of aromatic nitrogens is 3. The van der Waals surface area contributed by atoms with E-state index in [9.17, 15) is 0 Å². The van der Waals surface area contributed by atoms with E-state index in [1.54, 1.807) is 11.3 Å². The predicted molar refractivity (Wildman–Crippen MR) is 101 cm³/mol. The minimum absolute atomic E-state index is 0. The molecule has 3 aromatic heterocycles. The number of hydrogen-bond donors (Lipinski definition) is 0. The van der Waals surface area contributed by atoms with Gasteiger partial charge in [-0.25, -0.2) is 4.98 Å². The summed E-state index contributed by atoms with van der Waals surface area (Å²) in [4.78, 5) is 8.06. The Hall–Kier alpha value is -1.17. The standard InChI is InChI=1S/C16H17ClN4S.ClH/c1-9-12-11-8-18-20-15(21-6-4-3-5-7-21)14(11)22-16(12)19-10(2)13(9)17;/h8H,3-7H2,1-2H3;1H. The first kappa shape index (κ1) is 16.7. The minimum Gasteiger partial charge on any atom is -0.354 e. The van der Waals surface area contributed by atoms with Gasteiger partial charge in [0.2, 0.25) is 0 Å². The van der Waals surface area contributed by atoms with Gasteiger partial charge in [0, 0.05) is 23.9 Å². The highest BCUT2D eigenvalue weighted by Gasteiger charge is 2.20. The third-order valence-corrected chi connectivity index (χ3v) is 6.07. The van der Waals surface area contributed by atoms with Gasteiger partial charge in [0.15, 0.2) is 5.82 Å². The fraction of sp³-hybridized carbons (Fsp3) is 0.438. The van der Waals surface area contributed by atoms with Crippen molar-refractivity contribution < 1.29 is 0 Å². The molecule has 0 amide bonds. The van der Waals surface area contributed by atoms with Crippen LogP contribution in [0.1, 0.15) is 30.5 Å². The molecule has 0 N–H and O–H groups in total. The van der Waals surface area contributed by atoms with E-state index < -0.39 is 0 Å². The molecule has 1 aliphatic rings. The topological polar surface area (TPSA) is 41.9 Å². The van der Waals surface area contributed by atoms with Crippen LogP contribution in [0.25, 0.3) is 20.3 Å². The lowest BCUT2D eigenvalue weighted by Gasteiger charge is -2.27. The van der Waals surface area contributed by atoms with Crippen molar-refractivity contribution >= 4 is 61.5 Å². The largest absolute Gasteiger partial charge is 0.354 e. The molecule has 0 spiro atoms. The Morgan fingerprint density at radius 1 is 1.17 bits per heavy atom. The number of nitrogens with zero attached hydrogens (tertiary/aromatic N) is 4. The molecule has 4 rings (SSSR count). The fourth-order valence-electron chi connectivity index (χ4n) is 3.24. The summed E-state index contributed by atoms with van der Waals surface area (Å²) in [5, 5.41) is 11.7. The Kier molecular flexibility index (Phi) is 4.63. The van der Waals surface area contributed by atoms with Crippen LogP contribution in [-0.4, -0.2) is 28.3 Å². The van der Waals surface area contributed by atoms with Crippen molar-refractivity contribution in [3.05, 3.63) is 22.5 Å². The highest BCUT2D eigenvalue weighted by molar-refractivity contribution is 7.26. The Morgan fingerprint density at radius 3 is 2.65 bits per heavy atom. The maximum Gasteiger partial charge on any atom is 0.169 e. The Bertz CT molecular complexity index is 872. The highest BCUT2D eigenvalue weighted by atomic mass is 35.5.